The molecule has 1 aliphatic rings. The van der Waals surface area contributed by atoms with Crippen molar-refractivity contribution in [2.24, 2.45) is 0 Å². The highest BCUT2D eigenvalue weighted by molar-refractivity contribution is 6.69. The van der Waals surface area contributed by atoms with Crippen molar-refractivity contribution < 1.29 is 19.0 Å². The molecule has 4 nitrogen and oxygen atoms in total. The lowest BCUT2D eigenvalue weighted by Gasteiger charge is -2.34. The van der Waals surface area contributed by atoms with Crippen molar-refractivity contribution in [3.05, 3.63) is 48.2 Å². The van der Waals surface area contributed by atoms with Gasteiger partial charge >= 0.3 is 0 Å². The van der Waals surface area contributed by atoms with Gasteiger partial charge in [-0.25, -0.2) is 0 Å². The predicted molar refractivity (Wildman–Crippen MR) is 84.3 cm³/mol. The van der Waals surface area contributed by atoms with Crippen LogP contribution in [0.1, 0.15) is 5.56 Å². The molecule has 0 aromatic heterocycles. The Balaban J connectivity index is 1.82. The SMILES string of the molecule is C[Si](C)(C)O[C@H]1C=CO[C@H](COCc2ccccc2)[C@@H]1O. The van der Waals surface area contributed by atoms with Gasteiger partial charge in [0.1, 0.15) is 12.2 Å². The van der Waals surface area contributed by atoms with E-state index in [4.69, 9.17) is 13.9 Å². The van der Waals surface area contributed by atoms with Gasteiger partial charge in [0, 0.05) is 0 Å². The van der Waals surface area contributed by atoms with E-state index in [0.29, 0.717) is 13.2 Å². The molecule has 0 unspecified atom stereocenters. The van der Waals surface area contributed by atoms with Gasteiger partial charge in [-0.3, -0.25) is 0 Å². The van der Waals surface area contributed by atoms with Crippen molar-refractivity contribution in [1.82, 2.24) is 0 Å². The Labute approximate surface area is 127 Å². The molecule has 1 heterocycles. The van der Waals surface area contributed by atoms with E-state index in [2.05, 4.69) is 19.6 Å². The monoisotopic (exact) mass is 308 g/mol. The molecular weight excluding hydrogens is 284 g/mol. The van der Waals surface area contributed by atoms with E-state index in [1.165, 1.54) is 0 Å². The first-order chi connectivity index (χ1) is 9.96. The summed E-state index contributed by atoms with van der Waals surface area (Å²) >= 11 is 0. The molecule has 1 aliphatic heterocycles. The lowest BCUT2D eigenvalue weighted by atomic mass is 10.1. The van der Waals surface area contributed by atoms with Gasteiger partial charge in [0.25, 0.3) is 0 Å². The molecule has 5 heteroatoms. The Kier molecular flexibility index (Phi) is 5.58. The van der Waals surface area contributed by atoms with Gasteiger partial charge in [0.2, 0.25) is 0 Å². The van der Waals surface area contributed by atoms with Crippen LogP contribution in [0.15, 0.2) is 42.7 Å². The van der Waals surface area contributed by atoms with Crippen LogP contribution in [-0.2, 0) is 20.5 Å². The minimum absolute atomic E-state index is 0.309. The lowest BCUT2D eigenvalue weighted by molar-refractivity contribution is -0.0911. The highest BCUT2D eigenvalue weighted by atomic mass is 28.4. The standard InChI is InChI=1S/C16H24O4Si/c1-21(2,3)20-14-9-10-19-15(16(14)17)12-18-11-13-7-5-4-6-8-13/h4-10,14-17H,11-12H2,1-3H3/t14-,15+,16+/m0/s1. The quantitative estimate of drug-likeness (QED) is 0.821. The predicted octanol–water partition coefficient (Wildman–Crippen LogP) is 2.70. The molecule has 3 atom stereocenters. The third-order valence-corrected chi connectivity index (χ3v) is 4.10. The number of ether oxygens (including phenoxy) is 2. The third-order valence-electron chi connectivity index (χ3n) is 3.12. The van der Waals surface area contributed by atoms with Crippen LogP contribution < -0.4 is 0 Å². The van der Waals surface area contributed by atoms with E-state index in [1.54, 1.807) is 12.3 Å². The summed E-state index contributed by atoms with van der Waals surface area (Å²) in [6, 6.07) is 9.95. The minimum atomic E-state index is -1.71. The molecule has 0 saturated carbocycles. The molecule has 0 fully saturated rings. The van der Waals surface area contributed by atoms with Crippen molar-refractivity contribution >= 4 is 8.32 Å². The van der Waals surface area contributed by atoms with Gasteiger partial charge in [0.15, 0.2) is 8.32 Å². The van der Waals surface area contributed by atoms with Gasteiger partial charge in [-0.2, -0.15) is 0 Å². The highest BCUT2D eigenvalue weighted by Gasteiger charge is 2.34. The van der Waals surface area contributed by atoms with Crippen molar-refractivity contribution in [1.29, 1.82) is 0 Å². The molecule has 21 heavy (non-hydrogen) atoms. The third kappa shape index (κ3) is 5.28. The van der Waals surface area contributed by atoms with Crippen molar-refractivity contribution in [3.63, 3.8) is 0 Å². The van der Waals surface area contributed by atoms with Crippen molar-refractivity contribution in [2.45, 2.75) is 44.6 Å². The second-order valence-electron chi connectivity index (χ2n) is 6.19. The van der Waals surface area contributed by atoms with Gasteiger partial charge in [-0.1, -0.05) is 30.3 Å². The van der Waals surface area contributed by atoms with Gasteiger partial charge in [0.05, 0.1) is 25.6 Å². The minimum Gasteiger partial charge on any atom is -0.493 e. The smallest absolute Gasteiger partial charge is 0.184 e. The summed E-state index contributed by atoms with van der Waals surface area (Å²) in [7, 11) is -1.71. The maximum Gasteiger partial charge on any atom is 0.184 e. The largest absolute Gasteiger partial charge is 0.493 e. The molecule has 0 amide bonds. The Bertz CT molecular complexity index is 455. The Morgan fingerprint density at radius 2 is 1.90 bits per heavy atom. The normalized spacial score (nSPS) is 25.6. The van der Waals surface area contributed by atoms with E-state index >= 15 is 0 Å². The Morgan fingerprint density at radius 3 is 2.57 bits per heavy atom. The summed E-state index contributed by atoms with van der Waals surface area (Å²) in [6.45, 7) is 7.15. The molecule has 0 spiro atoms. The van der Waals surface area contributed by atoms with Crippen LogP contribution >= 0.6 is 0 Å². The summed E-state index contributed by atoms with van der Waals surface area (Å²) in [5.41, 5.74) is 1.10. The van der Waals surface area contributed by atoms with Crippen LogP contribution in [0.25, 0.3) is 0 Å². The molecule has 2 rings (SSSR count). The second kappa shape index (κ2) is 7.22. The molecule has 0 saturated heterocycles. The number of benzene rings is 1. The highest BCUT2D eigenvalue weighted by Crippen LogP contribution is 2.20. The topological polar surface area (TPSA) is 47.9 Å². The van der Waals surface area contributed by atoms with Gasteiger partial charge in [-0.15, -0.1) is 0 Å². The fourth-order valence-electron chi connectivity index (χ4n) is 2.15. The zero-order valence-corrected chi connectivity index (χ0v) is 13.9. The summed E-state index contributed by atoms with van der Waals surface area (Å²) in [6.07, 6.45) is 1.98. The first-order valence-electron chi connectivity index (χ1n) is 7.25. The number of hydrogen-bond acceptors (Lipinski definition) is 4. The first-order valence-corrected chi connectivity index (χ1v) is 10.7. The molecule has 0 radical (unpaired) electrons. The average molecular weight is 308 g/mol. The summed E-state index contributed by atoms with van der Waals surface area (Å²) in [5, 5.41) is 10.3. The number of rotatable bonds is 6. The lowest BCUT2D eigenvalue weighted by Crippen LogP contribution is -2.47. The van der Waals surface area contributed by atoms with Crippen LogP contribution in [0.5, 0.6) is 0 Å². The summed E-state index contributed by atoms with van der Waals surface area (Å²) in [4.78, 5) is 0. The molecular formula is C16H24O4Si. The number of hydrogen-bond donors (Lipinski definition) is 1. The van der Waals surface area contributed by atoms with Gasteiger partial charge in [-0.05, 0) is 31.3 Å². The number of aliphatic hydroxyl groups is 1. The first kappa shape index (κ1) is 16.2. The molecule has 1 N–H and O–H groups in total. The van der Waals surface area contributed by atoms with E-state index in [0.717, 1.165) is 5.56 Å². The average Bonchev–Trinajstić information content (AvgIpc) is 2.43. The van der Waals surface area contributed by atoms with Gasteiger partial charge < -0.3 is 19.0 Å². The fourth-order valence-corrected chi connectivity index (χ4v) is 3.19. The van der Waals surface area contributed by atoms with Crippen molar-refractivity contribution in [2.75, 3.05) is 6.61 Å². The summed E-state index contributed by atoms with van der Waals surface area (Å²) < 4.78 is 17.0. The molecule has 0 aliphatic carbocycles. The zero-order chi connectivity index (χ0) is 15.3. The molecule has 116 valence electrons. The van der Waals surface area contributed by atoms with Crippen LogP contribution in [0, 0.1) is 0 Å². The Morgan fingerprint density at radius 1 is 1.19 bits per heavy atom. The summed E-state index contributed by atoms with van der Waals surface area (Å²) in [5.74, 6) is 0. The number of aliphatic hydroxyl groups excluding tert-OH is 1. The maximum atomic E-state index is 10.3. The van der Waals surface area contributed by atoms with Crippen LogP contribution in [0.2, 0.25) is 19.6 Å². The fraction of sp³-hybridized carbons (Fsp3) is 0.500. The van der Waals surface area contributed by atoms with Crippen LogP contribution in [0.4, 0.5) is 0 Å². The van der Waals surface area contributed by atoms with E-state index in [1.807, 2.05) is 30.3 Å². The van der Waals surface area contributed by atoms with E-state index in [9.17, 15) is 5.11 Å². The van der Waals surface area contributed by atoms with Crippen LogP contribution in [0.3, 0.4) is 0 Å². The maximum absolute atomic E-state index is 10.3. The Hall–Kier alpha value is -1.14. The van der Waals surface area contributed by atoms with E-state index in [-0.39, 0.29) is 12.2 Å². The zero-order valence-electron chi connectivity index (χ0n) is 12.9. The van der Waals surface area contributed by atoms with Crippen LogP contribution in [-0.4, -0.2) is 38.3 Å². The molecule has 1 aromatic rings. The second-order valence-corrected chi connectivity index (χ2v) is 10.6. The van der Waals surface area contributed by atoms with Crippen molar-refractivity contribution in [3.8, 4) is 0 Å². The van der Waals surface area contributed by atoms with E-state index < -0.39 is 14.4 Å². The molecule has 0 bridgehead atoms. The molecule has 1 aromatic carbocycles.